The lowest BCUT2D eigenvalue weighted by molar-refractivity contribution is -0.126. The van der Waals surface area contributed by atoms with E-state index in [2.05, 4.69) is 5.32 Å². The van der Waals surface area contributed by atoms with Crippen LogP contribution < -0.4 is 11.1 Å². The van der Waals surface area contributed by atoms with Gasteiger partial charge in [0.1, 0.15) is 0 Å². The first-order valence-electron chi connectivity index (χ1n) is 7.33. The summed E-state index contributed by atoms with van der Waals surface area (Å²) >= 11 is 0. The zero-order valence-electron chi connectivity index (χ0n) is 12.5. The SMILES string of the molecule is CC1(C(N)=O)CCN(C(=O)Nc2cccc3ccccc23)C1. The molecule has 0 radical (unpaired) electrons. The highest BCUT2D eigenvalue weighted by Gasteiger charge is 2.40. The summed E-state index contributed by atoms with van der Waals surface area (Å²) in [5.74, 6) is -0.354. The van der Waals surface area contributed by atoms with E-state index < -0.39 is 5.41 Å². The maximum absolute atomic E-state index is 12.4. The molecule has 2 aromatic rings. The number of hydrogen-bond acceptors (Lipinski definition) is 2. The molecule has 1 fully saturated rings. The van der Waals surface area contributed by atoms with Gasteiger partial charge in [-0.2, -0.15) is 0 Å². The number of carbonyl (C=O) groups excluding carboxylic acids is 2. The van der Waals surface area contributed by atoms with Gasteiger partial charge in [0, 0.05) is 18.5 Å². The van der Waals surface area contributed by atoms with E-state index in [9.17, 15) is 9.59 Å². The predicted molar refractivity (Wildman–Crippen MR) is 86.5 cm³/mol. The van der Waals surface area contributed by atoms with E-state index in [0.29, 0.717) is 19.5 Å². The molecule has 1 heterocycles. The fourth-order valence-corrected chi connectivity index (χ4v) is 2.86. The lowest BCUT2D eigenvalue weighted by Gasteiger charge is -2.21. The molecule has 3 rings (SSSR count). The van der Waals surface area contributed by atoms with Gasteiger partial charge in [-0.1, -0.05) is 36.4 Å². The summed E-state index contributed by atoms with van der Waals surface area (Å²) in [4.78, 5) is 25.6. The van der Waals surface area contributed by atoms with E-state index in [0.717, 1.165) is 16.5 Å². The molecule has 0 spiro atoms. The normalized spacial score (nSPS) is 21.0. The van der Waals surface area contributed by atoms with Crippen LogP contribution in [0.25, 0.3) is 10.8 Å². The molecule has 1 unspecified atom stereocenters. The Morgan fingerprint density at radius 3 is 2.64 bits per heavy atom. The number of benzene rings is 2. The van der Waals surface area contributed by atoms with Crippen LogP contribution in [0.1, 0.15) is 13.3 Å². The molecule has 3 amide bonds. The average Bonchev–Trinajstić information content (AvgIpc) is 2.92. The number of rotatable bonds is 2. The summed E-state index contributed by atoms with van der Waals surface area (Å²) in [5, 5.41) is 5.01. The molecule has 0 saturated carbocycles. The van der Waals surface area contributed by atoms with Crippen molar-refractivity contribution in [1.29, 1.82) is 0 Å². The van der Waals surface area contributed by atoms with Crippen molar-refractivity contribution in [3.63, 3.8) is 0 Å². The lowest BCUT2D eigenvalue weighted by atomic mass is 9.89. The second-order valence-electron chi connectivity index (χ2n) is 6.05. The number of urea groups is 1. The number of nitrogens with two attached hydrogens (primary N) is 1. The van der Waals surface area contributed by atoms with Crippen LogP contribution in [0.4, 0.5) is 10.5 Å². The van der Waals surface area contributed by atoms with Crippen LogP contribution in [-0.4, -0.2) is 29.9 Å². The monoisotopic (exact) mass is 297 g/mol. The van der Waals surface area contributed by atoms with Crippen molar-refractivity contribution in [1.82, 2.24) is 4.90 Å². The fraction of sp³-hybridized carbons (Fsp3) is 0.294. The Bertz CT molecular complexity index is 738. The van der Waals surface area contributed by atoms with Crippen LogP contribution in [0.3, 0.4) is 0 Å². The van der Waals surface area contributed by atoms with Crippen LogP contribution in [0.2, 0.25) is 0 Å². The van der Waals surface area contributed by atoms with Gasteiger partial charge in [0.25, 0.3) is 0 Å². The first-order valence-corrected chi connectivity index (χ1v) is 7.33. The second-order valence-corrected chi connectivity index (χ2v) is 6.05. The van der Waals surface area contributed by atoms with Gasteiger partial charge in [-0.25, -0.2) is 4.79 Å². The number of nitrogens with zero attached hydrogens (tertiary/aromatic N) is 1. The summed E-state index contributed by atoms with van der Waals surface area (Å²) < 4.78 is 0. The minimum Gasteiger partial charge on any atom is -0.369 e. The van der Waals surface area contributed by atoms with E-state index in [1.807, 2.05) is 42.5 Å². The van der Waals surface area contributed by atoms with Crippen LogP contribution in [-0.2, 0) is 4.79 Å². The molecule has 114 valence electrons. The molecule has 5 heteroatoms. The van der Waals surface area contributed by atoms with Crippen molar-refractivity contribution < 1.29 is 9.59 Å². The summed E-state index contributed by atoms with van der Waals surface area (Å²) in [7, 11) is 0. The zero-order chi connectivity index (χ0) is 15.7. The van der Waals surface area contributed by atoms with E-state index in [1.54, 1.807) is 11.8 Å². The molecule has 0 aliphatic carbocycles. The van der Waals surface area contributed by atoms with Gasteiger partial charge in [-0.3, -0.25) is 4.79 Å². The number of carbonyl (C=O) groups is 2. The van der Waals surface area contributed by atoms with Gasteiger partial charge < -0.3 is 16.0 Å². The minimum absolute atomic E-state index is 0.193. The third-order valence-electron chi connectivity index (χ3n) is 4.39. The summed E-state index contributed by atoms with van der Waals surface area (Å²) in [6.45, 7) is 2.70. The smallest absolute Gasteiger partial charge is 0.321 e. The Balaban J connectivity index is 1.79. The van der Waals surface area contributed by atoms with Gasteiger partial charge in [-0.05, 0) is 24.8 Å². The molecule has 2 aromatic carbocycles. The van der Waals surface area contributed by atoms with Crippen LogP contribution in [0.5, 0.6) is 0 Å². The maximum atomic E-state index is 12.4. The fourth-order valence-electron chi connectivity index (χ4n) is 2.86. The quantitative estimate of drug-likeness (QED) is 0.894. The van der Waals surface area contributed by atoms with Crippen molar-refractivity contribution in [2.45, 2.75) is 13.3 Å². The third kappa shape index (κ3) is 2.50. The number of nitrogens with one attached hydrogen (secondary N) is 1. The highest BCUT2D eigenvalue weighted by molar-refractivity contribution is 6.01. The Kier molecular flexibility index (Phi) is 3.48. The number of fused-ring (bicyclic) bond motifs is 1. The Morgan fingerprint density at radius 1 is 1.18 bits per heavy atom. The van der Waals surface area contributed by atoms with Gasteiger partial charge in [0.15, 0.2) is 0 Å². The zero-order valence-corrected chi connectivity index (χ0v) is 12.5. The molecule has 1 aliphatic rings. The van der Waals surface area contributed by atoms with E-state index >= 15 is 0 Å². The Morgan fingerprint density at radius 2 is 1.91 bits per heavy atom. The van der Waals surface area contributed by atoms with Crippen LogP contribution >= 0.6 is 0 Å². The molecule has 0 aromatic heterocycles. The van der Waals surface area contributed by atoms with Gasteiger partial charge in [0.2, 0.25) is 5.91 Å². The van der Waals surface area contributed by atoms with Crippen molar-refractivity contribution in [3.8, 4) is 0 Å². The second kappa shape index (κ2) is 5.33. The maximum Gasteiger partial charge on any atom is 0.321 e. The molecule has 1 saturated heterocycles. The van der Waals surface area contributed by atoms with Crippen molar-refractivity contribution in [2.24, 2.45) is 11.1 Å². The molecule has 1 atom stereocenters. The van der Waals surface area contributed by atoms with E-state index in [-0.39, 0.29) is 11.9 Å². The Labute approximate surface area is 129 Å². The van der Waals surface area contributed by atoms with E-state index in [4.69, 9.17) is 5.73 Å². The number of amides is 3. The molecular weight excluding hydrogens is 278 g/mol. The lowest BCUT2D eigenvalue weighted by Crippen LogP contribution is -2.40. The first kappa shape index (κ1) is 14.4. The predicted octanol–water partition coefficient (Wildman–Crippen LogP) is 2.57. The topological polar surface area (TPSA) is 75.4 Å². The van der Waals surface area contributed by atoms with Gasteiger partial charge in [0.05, 0.1) is 11.1 Å². The number of primary amides is 1. The van der Waals surface area contributed by atoms with Crippen molar-refractivity contribution >= 4 is 28.4 Å². The van der Waals surface area contributed by atoms with Crippen molar-refractivity contribution in [2.75, 3.05) is 18.4 Å². The highest BCUT2D eigenvalue weighted by atomic mass is 16.2. The van der Waals surface area contributed by atoms with E-state index in [1.165, 1.54) is 0 Å². The van der Waals surface area contributed by atoms with Crippen LogP contribution in [0.15, 0.2) is 42.5 Å². The molecular formula is C17H19N3O2. The largest absolute Gasteiger partial charge is 0.369 e. The number of anilines is 1. The third-order valence-corrected chi connectivity index (χ3v) is 4.39. The minimum atomic E-state index is -0.629. The first-order chi connectivity index (χ1) is 10.5. The summed E-state index contributed by atoms with van der Waals surface area (Å²) in [6, 6.07) is 13.5. The standard InChI is InChI=1S/C17H19N3O2/c1-17(15(18)21)9-10-20(11-17)16(22)19-14-8-4-6-12-5-2-3-7-13(12)14/h2-8H,9-11H2,1H3,(H2,18,21)(H,19,22). The highest BCUT2D eigenvalue weighted by Crippen LogP contribution is 2.30. The molecule has 22 heavy (non-hydrogen) atoms. The summed E-state index contributed by atoms with van der Waals surface area (Å²) in [6.07, 6.45) is 0.602. The van der Waals surface area contributed by atoms with Gasteiger partial charge in [-0.15, -0.1) is 0 Å². The number of hydrogen-bond donors (Lipinski definition) is 2. The van der Waals surface area contributed by atoms with Crippen LogP contribution in [0, 0.1) is 5.41 Å². The van der Waals surface area contributed by atoms with Gasteiger partial charge >= 0.3 is 6.03 Å². The summed E-state index contributed by atoms with van der Waals surface area (Å²) in [5.41, 5.74) is 5.57. The van der Waals surface area contributed by atoms with Crippen molar-refractivity contribution in [3.05, 3.63) is 42.5 Å². The average molecular weight is 297 g/mol. The molecule has 5 nitrogen and oxygen atoms in total. The molecule has 0 bridgehead atoms. The molecule has 3 N–H and O–H groups in total. The Hall–Kier alpha value is -2.56. The molecule has 1 aliphatic heterocycles. The number of likely N-dealkylation sites (tertiary alicyclic amines) is 1.